The summed E-state index contributed by atoms with van der Waals surface area (Å²) in [7, 11) is 4.85. The van der Waals surface area contributed by atoms with Crippen LogP contribution in [0.5, 0.6) is 17.2 Å². The summed E-state index contributed by atoms with van der Waals surface area (Å²) < 4.78 is 15.6. The van der Waals surface area contributed by atoms with Crippen molar-refractivity contribution in [1.82, 2.24) is 0 Å². The molecule has 36 heavy (non-hydrogen) atoms. The van der Waals surface area contributed by atoms with E-state index in [4.69, 9.17) is 14.2 Å². The summed E-state index contributed by atoms with van der Waals surface area (Å²) in [5, 5.41) is 26.0. The zero-order chi connectivity index (χ0) is 25.2. The van der Waals surface area contributed by atoms with Gasteiger partial charge in [-0.05, 0) is 91.0 Å². The topological polar surface area (TPSA) is 102 Å². The predicted octanol–water partition coefficient (Wildman–Crippen LogP) is 8.96. The third-order valence-electron chi connectivity index (χ3n) is 4.95. The molecule has 9 heteroatoms. The fraction of sp³-hybridized carbons (Fsp3) is 0.111. The van der Waals surface area contributed by atoms with Gasteiger partial charge in [0.2, 0.25) is 0 Å². The van der Waals surface area contributed by atoms with Crippen LogP contribution >= 0.6 is 0 Å². The molecule has 4 rings (SSSR count). The van der Waals surface area contributed by atoms with Gasteiger partial charge in [0.15, 0.2) is 0 Å². The normalized spacial score (nSPS) is 11.4. The summed E-state index contributed by atoms with van der Waals surface area (Å²) in [6.45, 7) is 0. The lowest BCUT2D eigenvalue weighted by molar-refractivity contribution is 0.414. The third-order valence-corrected chi connectivity index (χ3v) is 4.95. The third kappa shape index (κ3) is 6.80. The lowest BCUT2D eigenvalue weighted by atomic mass is 10.2. The first-order chi connectivity index (χ1) is 17.6. The summed E-state index contributed by atoms with van der Waals surface area (Å²) in [5.74, 6) is 2.24. The van der Waals surface area contributed by atoms with E-state index in [1.807, 2.05) is 72.8 Å². The first-order valence-electron chi connectivity index (χ1n) is 11.0. The van der Waals surface area contributed by atoms with Crippen molar-refractivity contribution in [2.45, 2.75) is 0 Å². The number of methoxy groups -OCH3 is 3. The monoisotopic (exact) mass is 480 g/mol. The fourth-order valence-electron chi connectivity index (χ4n) is 3.05. The average Bonchev–Trinajstić information content (AvgIpc) is 2.94. The minimum absolute atomic E-state index is 0.556. The first kappa shape index (κ1) is 24.2. The van der Waals surface area contributed by atoms with E-state index >= 15 is 0 Å². The second-order valence-corrected chi connectivity index (χ2v) is 7.40. The summed E-state index contributed by atoms with van der Waals surface area (Å²) in [6.07, 6.45) is 0. The molecular formula is C27H24N6O3. The molecule has 0 atom stereocenters. The Morgan fingerprint density at radius 3 is 0.778 bits per heavy atom. The van der Waals surface area contributed by atoms with Crippen LogP contribution in [0, 0.1) is 0 Å². The Bertz CT molecular complexity index is 1180. The van der Waals surface area contributed by atoms with Crippen LogP contribution < -0.4 is 14.2 Å². The molecule has 0 aliphatic rings. The van der Waals surface area contributed by atoms with Gasteiger partial charge in [-0.2, -0.15) is 30.7 Å². The van der Waals surface area contributed by atoms with Crippen molar-refractivity contribution in [1.29, 1.82) is 0 Å². The van der Waals surface area contributed by atoms with Crippen LogP contribution in [0.3, 0.4) is 0 Å². The molecule has 0 heterocycles. The molecule has 0 spiro atoms. The number of nitrogens with zero attached hydrogens (tertiary/aromatic N) is 6. The van der Waals surface area contributed by atoms with Gasteiger partial charge in [0.05, 0.1) is 55.5 Å². The Balaban J connectivity index is 1.62. The molecule has 180 valence electrons. The highest BCUT2D eigenvalue weighted by Gasteiger charge is 2.02. The van der Waals surface area contributed by atoms with Crippen LogP contribution in [0.15, 0.2) is 122 Å². The lowest BCUT2D eigenvalue weighted by Gasteiger charge is -2.01. The van der Waals surface area contributed by atoms with E-state index in [0.717, 1.165) is 17.2 Å². The number of hydrogen-bond acceptors (Lipinski definition) is 9. The van der Waals surface area contributed by atoms with Gasteiger partial charge in [0.1, 0.15) is 17.2 Å². The lowest BCUT2D eigenvalue weighted by Crippen LogP contribution is -1.79. The molecule has 4 aromatic carbocycles. The number of benzene rings is 4. The molecule has 0 aliphatic carbocycles. The second-order valence-electron chi connectivity index (χ2n) is 7.40. The molecule has 0 radical (unpaired) electrons. The van der Waals surface area contributed by atoms with Gasteiger partial charge < -0.3 is 14.2 Å². The SMILES string of the molecule is COc1ccc(N=Nc2cc(N=Nc3ccc(OC)cc3)cc(N=Nc3ccc(OC)cc3)c2)cc1. The van der Waals surface area contributed by atoms with Crippen LogP contribution in [0.1, 0.15) is 0 Å². The molecule has 0 amide bonds. The minimum atomic E-state index is 0.556. The van der Waals surface area contributed by atoms with Crippen molar-refractivity contribution in [3.05, 3.63) is 91.0 Å². The van der Waals surface area contributed by atoms with Gasteiger partial charge in [-0.25, -0.2) is 0 Å². The number of azo groups is 3. The molecule has 9 nitrogen and oxygen atoms in total. The Kier molecular flexibility index (Phi) is 8.06. The Morgan fingerprint density at radius 1 is 0.333 bits per heavy atom. The Labute approximate surface area is 208 Å². The van der Waals surface area contributed by atoms with Gasteiger partial charge in [-0.1, -0.05) is 0 Å². The van der Waals surface area contributed by atoms with Crippen LogP contribution in [0.2, 0.25) is 0 Å². The second kappa shape index (κ2) is 12.0. The maximum atomic E-state index is 5.18. The molecule has 0 unspecified atom stereocenters. The summed E-state index contributed by atoms with van der Waals surface area (Å²) in [6, 6.07) is 27.2. The Hall–Kier alpha value is -4.92. The minimum Gasteiger partial charge on any atom is -0.497 e. The van der Waals surface area contributed by atoms with Gasteiger partial charge in [0.25, 0.3) is 0 Å². The van der Waals surface area contributed by atoms with Crippen molar-refractivity contribution in [3.63, 3.8) is 0 Å². The van der Waals surface area contributed by atoms with Crippen molar-refractivity contribution in [2.24, 2.45) is 30.7 Å². The van der Waals surface area contributed by atoms with Gasteiger partial charge in [0, 0.05) is 0 Å². The van der Waals surface area contributed by atoms with E-state index < -0.39 is 0 Å². The first-order valence-corrected chi connectivity index (χ1v) is 11.0. The standard InChI is InChI=1S/C27H24N6O3/c1-34-25-10-4-19(5-11-25)28-31-22-16-23(32-29-20-6-12-26(35-2)13-7-20)18-24(17-22)33-30-21-8-14-27(36-3)15-9-21/h4-18H,1-3H3. The van der Waals surface area contributed by atoms with Crippen LogP contribution in [-0.4, -0.2) is 21.3 Å². The summed E-state index contributed by atoms with van der Waals surface area (Å²) >= 11 is 0. The highest BCUT2D eigenvalue weighted by atomic mass is 16.5. The zero-order valence-corrected chi connectivity index (χ0v) is 20.1. The van der Waals surface area contributed by atoms with Crippen molar-refractivity contribution in [3.8, 4) is 17.2 Å². The van der Waals surface area contributed by atoms with Crippen LogP contribution in [-0.2, 0) is 0 Å². The highest BCUT2D eigenvalue weighted by Crippen LogP contribution is 2.32. The fourth-order valence-corrected chi connectivity index (χ4v) is 3.05. The van der Waals surface area contributed by atoms with Gasteiger partial charge in [-0.15, -0.1) is 0 Å². The highest BCUT2D eigenvalue weighted by molar-refractivity contribution is 5.61. The van der Waals surface area contributed by atoms with E-state index in [2.05, 4.69) is 30.7 Å². The maximum Gasteiger partial charge on any atom is 0.119 e. The molecule has 0 aliphatic heterocycles. The van der Waals surface area contributed by atoms with Crippen molar-refractivity contribution >= 4 is 34.1 Å². The average molecular weight is 481 g/mol. The van der Waals surface area contributed by atoms with E-state index in [1.165, 1.54) is 0 Å². The molecule has 0 bridgehead atoms. The zero-order valence-electron chi connectivity index (χ0n) is 20.1. The summed E-state index contributed by atoms with van der Waals surface area (Å²) in [4.78, 5) is 0. The predicted molar refractivity (Wildman–Crippen MR) is 138 cm³/mol. The number of rotatable bonds is 9. The molecular weight excluding hydrogens is 456 g/mol. The molecule has 4 aromatic rings. The van der Waals surface area contributed by atoms with Crippen molar-refractivity contribution in [2.75, 3.05) is 21.3 Å². The van der Waals surface area contributed by atoms with Crippen molar-refractivity contribution < 1.29 is 14.2 Å². The Morgan fingerprint density at radius 2 is 0.556 bits per heavy atom. The number of ether oxygens (including phenoxy) is 3. The van der Waals surface area contributed by atoms with E-state index in [9.17, 15) is 0 Å². The quantitative estimate of drug-likeness (QED) is 0.223. The molecule has 0 saturated carbocycles. The molecule has 0 N–H and O–H groups in total. The number of hydrogen-bond donors (Lipinski definition) is 0. The van der Waals surface area contributed by atoms with E-state index in [-0.39, 0.29) is 0 Å². The largest absolute Gasteiger partial charge is 0.497 e. The molecule has 0 aromatic heterocycles. The van der Waals surface area contributed by atoms with Gasteiger partial charge in [-0.3, -0.25) is 0 Å². The van der Waals surface area contributed by atoms with Gasteiger partial charge >= 0.3 is 0 Å². The molecule has 0 saturated heterocycles. The summed E-state index contributed by atoms with van der Waals surface area (Å²) in [5.41, 5.74) is 3.72. The maximum absolute atomic E-state index is 5.18. The van der Waals surface area contributed by atoms with Crippen LogP contribution in [0.25, 0.3) is 0 Å². The van der Waals surface area contributed by atoms with E-state index in [0.29, 0.717) is 34.1 Å². The smallest absolute Gasteiger partial charge is 0.119 e. The van der Waals surface area contributed by atoms with E-state index in [1.54, 1.807) is 39.5 Å². The molecule has 0 fully saturated rings. The van der Waals surface area contributed by atoms with Crippen LogP contribution in [0.4, 0.5) is 34.1 Å².